The molecule has 1 aromatic carbocycles. The first-order valence-corrected chi connectivity index (χ1v) is 6.69. The number of nitrogens with zero attached hydrogens (tertiary/aromatic N) is 2. The number of nitro benzene ring substituents is 1. The summed E-state index contributed by atoms with van der Waals surface area (Å²) < 4.78 is 0. The first-order chi connectivity index (χ1) is 10.1. The Morgan fingerprint density at radius 3 is 2.95 bits per heavy atom. The monoisotopic (exact) mass is 299 g/mol. The molecule has 0 radical (unpaired) electrons. The summed E-state index contributed by atoms with van der Waals surface area (Å²) in [5.41, 5.74) is 0.908. The van der Waals surface area contributed by atoms with Crippen LogP contribution in [-0.2, 0) is 4.79 Å². The fourth-order valence-electron chi connectivity index (χ4n) is 1.56. The van der Waals surface area contributed by atoms with Crippen molar-refractivity contribution in [1.29, 1.82) is 5.26 Å². The van der Waals surface area contributed by atoms with Gasteiger partial charge in [0.1, 0.15) is 11.1 Å². The quantitative estimate of drug-likeness (QED) is 0.532. The Balaban J connectivity index is 2.07. The van der Waals surface area contributed by atoms with Gasteiger partial charge in [-0.15, -0.1) is 11.3 Å². The molecule has 6 nitrogen and oxygen atoms in total. The van der Waals surface area contributed by atoms with Crippen LogP contribution in [0.15, 0.2) is 41.8 Å². The Labute approximate surface area is 124 Å². The van der Waals surface area contributed by atoms with Gasteiger partial charge >= 0.3 is 0 Å². The van der Waals surface area contributed by atoms with Gasteiger partial charge < -0.3 is 5.32 Å². The van der Waals surface area contributed by atoms with E-state index >= 15 is 0 Å². The molecule has 0 fully saturated rings. The van der Waals surface area contributed by atoms with E-state index in [1.807, 2.05) is 6.07 Å². The lowest BCUT2D eigenvalue weighted by atomic mass is 10.2. The van der Waals surface area contributed by atoms with E-state index in [1.54, 1.807) is 23.6 Å². The van der Waals surface area contributed by atoms with E-state index in [4.69, 9.17) is 5.26 Å². The van der Waals surface area contributed by atoms with Gasteiger partial charge in [0.2, 0.25) is 5.91 Å². The molecule has 0 saturated heterocycles. The van der Waals surface area contributed by atoms with Crippen LogP contribution in [0.5, 0.6) is 0 Å². The first-order valence-electron chi connectivity index (χ1n) is 5.81. The number of rotatable bonds is 4. The number of non-ortho nitro benzene ring substituents is 1. The fraction of sp³-hybridized carbons (Fsp3) is 0. The third-order valence-electron chi connectivity index (χ3n) is 2.53. The largest absolute Gasteiger partial charge is 0.313 e. The highest BCUT2D eigenvalue weighted by Gasteiger charge is 2.06. The van der Waals surface area contributed by atoms with Crippen molar-refractivity contribution in [2.45, 2.75) is 0 Å². The zero-order valence-corrected chi connectivity index (χ0v) is 11.5. The number of thiophene rings is 1. The van der Waals surface area contributed by atoms with Crippen molar-refractivity contribution < 1.29 is 9.72 Å². The van der Waals surface area contributed by atoms with E-state index in [9.17, 15) is 14.9 Å². The van der Waals surface area contributed by atoms with Crippen LogP contribution >= 0.6 is 11.3 Å². The van der Waals surface area contributed by atoms with Gasteiger partial charge in [-0.1, -0.05) is 12.1 Å². The van der Waals surface area contributed by atoms with Crippen LogP contribution < -0.4 is 5.32 Å². The van der Waals surface area contributed by atoms with Crippen molar-refractivity contribution in [3.8, 4) is 6.07 Å². The SMILES string of the molecule is N#Cc1ccsc1NC(=O)/C=C/c1cccc([N+](=O)[O-])c1. The third kappa shape index (κ3) is 3.75. The summed E-state index contributed by atoms with van der Waals surface area (Å²) in [6.45, 7) is 0. The molecule has 2 aromatic rings. The number of amides is 1. The number of nitro groups is 1. The van der Waals surface area contributed by atoms with Gasteiger partial charge in [-0.3, -0.25) is 14.9 Å². The van der Waals surface area contributed by atoms with E-state index in [0.29, 0.717) is 16.1 Å². The molecule has 21 heavy (non-hydrogen) atoms. The van der Waals surface area contributed by atoms with Crippen molar-refractivity contribution >= 4 is 34.0 Å². The lowest BCUT2D eigenvalue weighted by Gasteiger charge is -1.98. The number of nitriles is 1. The first kappa shape index (κ1) is 14.4. The topological polar surface area (TPSA) is 96.0 Å². The van der Waals surface area contributed by atoms with E-state index in [1.165, 1.54) is 35.6 Å². The second kappa shape index (κ2) is 6.45. The van der Waals surface area contributed by atoms with E-state index in [-0.39, 0.29) is 5.69 Å². The molecule has 0 saturated carbocycles. The number of carbonyl (C=O) groups excluding carboxylic acids is 1. The maximum atomic E-state index is 11.7. The lowest BCUT2D eigenvalue weighted by molar-refractivity contribution is -0.384. The summed E-state index contributed by atoms with van der Waals surface area (Å²) in [4.78, 5) is 21.9. The van der Waals surface area contributed by atoms with Gasteiger partial charge in [0, 0.05) is 18.2 Å². The summed E-state index contributed by atoms with van der Waals surface area (Å²) in [5.74, 6) is -0.402. The molecule has 1 N–H and O–H groups in total. The van der Waals surface area contributed by atoms with Crippen LogP contribution in [0.4, 0.5) is 10.7 Å². The van der Waals surface area contributed by atoms with Gasteiger partial charge in [0.05, 0.1) is 10.5 Å². The minimum atomic E-state index is -0.498. The van der Waals surface area contributed by atoms with E-state index < -0.39 is 10.8 Å². The molecule has 0 aliphatic heterocycles. The smallest absolute Gasteiger partial charge is 0.270 e. The van der Waals surface area contributed by atoms with Gasteiger partial charge in [-0.05, 0) is 23.1 Å². The summed E-state index contributed by atoms with van der Waals surface area (Å²) in [7, 11) is 0. The fourth-order valence-corrected chi connectivity index (χ4v) is 2.30. The van der Waals surface area contributed by atoms with Gasteiger partial charge in [0.25, 0.3) is 5.69 Å². The van der Waals surface area contributed by atoms with Crippen LogP contribution in [0.25, 0.3) is 6.08 Å². The summed E-state index contributed by atoms with van der Waals surface area (Å²) >= 11 is 1.25. The van der Waals surface area contributed by atoms with Gasteiger partial charge in [-0.2, -0.15) is 5.26 Å². The Bertz CT molecular complexity index is 759. The number of carbonyl (C=O) groups is 1. The molecule has 0 spiro atoms. The minimum Gasteiger partial charge on any atom is -0.313 e. The van der Waals surface area contributed by atoms with Crippen molar-refractivity contribution in [2.75, 3.05) is 5.32 Å². The number of nitrogens with one attached hydrogen (secondary N) is 1. The number of hydrogen-bond acceptors (Lipinski definition) is 5. The lowest BCUT2D eigenvalue weighted by Crippen LogP contribution is -2.07. The Morgan fingerprint density at radius 2 is 2.24 bits per heavy atom. The number of anilines is 1. The second-order valence-corrected chi connectivity index (χ2v) is 4.87. The minimum absolute atomic E-state index is 0.0393. The Kier molecular flexibility index (Phi) is 4.43. The highest BCUT2D eigenvalue weighted by molar-refractivity contribution is 7.14. The van der Waals surface area contributed by atoms with Crippen LogP contribution in [0.3, 0.4) is 0 Å². The zero-order valence-electron chi connectivity index (χ0n) is 10.6. The third-order valence-corrected chi connectivity index (χ3v) is 3.36. The predicted molar refractivity (Wildman–Crippen MR) is 79.8 cm³/mol. The number of hydrogen-bond donors (Lipinski definition) is 1. The molecule has 0 unspecified atom stereocenters. The van der Waals surface area contributed by atoms with E-state index in [0.717, 1.165) is 0 Å². The standard InChI is InChI=1S/C14H9N3O3S/c15-9-11-6-7-21-14(11)16-13(18)5-4-10-2-1-3-12(8-10)17(19)20/h1-8H,(H,16,18)/b5-4+. The maximum absolute atomic E-state index is 11.7. The average Bonchev–Trinajstić information content (AvgIpc) is 2.92. The number of benzene rings is 1. The van der Waals surface area contributed by atoms with Crippen LogP contribution in [0, 0.1) is 21.4 Å². The average molecular weight is 299 g/mol. The predicted octanol–water partition coefficient (Wildman–Crippen LogP) is 3.18. The molecule has 0 bridgehead atoms. The Hall–Kier alpha value is -2.98. The van der Waals surface area contributed by atoms with Crippen LogP contribution in [0.1, 0.15) is 11.1 Å². The van der Waals surface area contributed by atoms with Crippen molar-refractivity contribution in [3.05, 3.63) is 63.0 Å². The highest BCUT2D eigenvalue weighted by atomic mass is 32.1. The maximum Gasteiger partial charge on any atom is 0.270 e. The van der Waals surface area contributed by atoms with Crippen LogP contribution in [0.2, 0.25) is 0 Å². The molecule has 0 aliphatic rings. The normalized spacial score (nSPS) is 10.2. The van der Waals surface area contributed by atoms with E-state index in [2.05, 4.69) is 5.32 Å². The second-order valence-electron chi connectivity index (χ2n) is 3.95. The molecular formula is C14H9N3O3S. The summed E-state index contributed by atoms with van der Waals surface area (Å²) in [5, 5.41) is 24.3. The van der Waals surface area contributed by atoms with Crippen molar-refractivity contribution in [3.63, 3.8) is 0 Å². The van der Waals surface area contributed by atoms with Crippen molar-refractivity contribution in [2.24, 2.45) is 0 Å². The molecular weight excluding hydrogens is 290 g/mol. The van der Waals surface area contributed by atoms with Crippen LogP contribution in [-0.4, -0.2) is 10.8 Å². The molecule has 1 aromatic heterocycles. The summed E-state index contributed by atoms with van der Waals surface area (Å²) in [6, 6.07) is 9.53. The molecule has 2 rings (SSSR count). The summed E-state index contributed by atoms with van der Waals surface area (Å²) in [6.07, 6.45) is 2.74. The molecule has 0 atom stereocenters. The molecule has 1 amide bonds. The molecule has 1 heterocycles. The highest BCUT2D eigenvalue weighted by Crippen LogP contribution is 2.22. The van der Waals surface area contributed by atoms with Crippen molar-refractivity contribution in [1.82, 2.24) is 0 Å². The Morgan fingerprint density at radius 1 is 1.43 bits per heavy atom. The molecule has 104 valence electrons. The van der Waals surface area contributed by atoms with Gasteiger partial charge in [-0.25, -0.2) is 0 Å². The molecule has 0 aliphatic carbocycles. The molecule has 7 heteroatoms. The zero-order chi connectivity index (χ0) is 15.2. The van der Waals surface area contributed by atoms with Gasteiger partial charge in [0.15, 0.2) is 0 Å².